The van der Waals surface area contributed by atoms with Gasteiger partial charge in [0.25, 0.3) is 0 Å². The standard InChI is InChI=1S/C16H26N2O2S/c1-3-17-12-15-11-16(9-6-13(15)2)21(19,20)18-10-4-5-14-7-8-14/h6,9,11,14,17-18H,3-5,7-8,10,12H2,1-2H3. The van der Waals surface area contributed by atoms with E-state index in [9.17, 15) is 8.42 Å². The largest absolute Gasteiger partial charge is 0.313 e. The maximum Gasteiger partial charge on any atom is 0.240 e. The highest BCUT2D eigenvalue weighted by Crippen LogP contribution is 2.33. The molecule has 1 aliphatic carbocycles. The van der Waals surface area contributed by atoms with Crippen LogP contribution in [0.5, 0.6) is 0 Å². The smallest absolute Gasteiger partial charge is 0.240 e. The van der Waals surface area contributed by atoms with Crippen LogP contribution in [-0.4, -0.2) is 21.5 Å². The Morgan fingerprint density at radius 3 is 2.71 bits per heavy atom. The van der Waals surface area contributed by atoms with Crippen LogP contribution in [0.3, 0.4) is 0 Å². The quantitative estimate of drug-likeness (QED) is 0.689. The van der Waals surface area contributed by atoms with E-state index in [1.54, 1.807) is 12.1 Å². The SMILES string of the molecule is CCNCc1cc(S(=O)(=O)NCCCC2CC2)ccc1C. The van der Waals surface area contributed by atoms with Crippen molar-refractivity contribution in [2.24, 2.45) is 5.92 Å². The zero-order valence-corrected chi connectivity index (χ0v) is 13.8. The van der Waals surface area contributed by atoms with Crippen LogP contribution in [0.4, 0.5) is 0 Å². The first-order chi connectivity index (χ1) is 10.0. The van der Waals surface area contributed by atoms with Gasteiger partial charge in [0.05, 0.1) is 4.90 Å². The highest BCUT2D eigenvalue weighted by molar-refractivity contribution is 7.89. The van der Waals surface area contributed by atoms with Crippen molar-refractivity contribution in [3.05, 3.63) is 29.3 Å². The van der Waals surface area contributed by atoms with E-state index < -0.39 is 10.0 Å². The minimum Gasteiger partial charge on any atom is -0.313 e. The summed E-state index contributed by atoms with van der Waals surface area (Å²) < 4.78 is 27.3. The molecular formula is C16H26N2O2S. The van der Waals surface area contributed by atoms with Gasteiger partial charge in [-0.1, -0.05) is 25.8 Å². The maximum atomic E-state index is 12.3. The summed E-state index contributed by atoms with van der Waals surface area (Å²) in [6.07, 6.45) is 4.71. The van der Waals surface area contributed by atoms with Gasteiger partial charge in [-0.2, -0.15) is 0 Å². The fourth-order valence-corrected chi connectivity index (χ4v) is 3.48. The molecule has 0 atom stereocenters. The number of nitrogens with one attached hydrogen (secondary N) is 2. The third-order valence-corrected chi connectivity index (χ3v) is 5.43. The van der Waals surface area contributed by atoms with Crippen molar-refractivity contribution >= 4 is 10.0 Å². The zero-order valence-electron chi connectivity index (χ0n) is 13.0. The topological polar surface area (TPSA) is 58.2 Å². The lowest BCUT2D eigenvalue weighted by Gasteiger charge is -2.11. The average Bonchev–Trinajstić information content (AvgIpc) is 3.27. The maximum absolute atomic E-state index is 12.3. The Labute approximate surface area is 128 Å². The zero-order chi connectivity index (χ0) is 15.3. The number of hydrogen-bond donors (Lipinski definition) is 2. The van der Waals surface area contributed by atoms with Gasteiger partial charge in [0, 0.05) is 13.1 Å². The molecular weight excluding hydrogens is 284 g/mol. The van der Waals surface area contributed by atoms with Gasteiger partial charge in [0.1, 0.15) is 0 Å². The van der Waals surface area contributed by atoms with E-state index in [0.717, 1.165) is 36.4 Å². The Balaban J connectivity index is 1.96. The summed E-state index contributed by atoms with van der Waals surface area (Å²) in [4.78, 5) is 0.368. The highest BCUT2D eigenvalue weighted by atomic mass is 32.2. The molecule has 1 aliphatic rings. The Morgan fingerprint density at radius 1 is 1.29 bits per heavy atom. The number of sulfonamides is 1. The molecule has 21 heavy (non-hydrogen) atoms. The molecule has 0 amide bonds. The predicted octanol–water partition coefficient (Wildman–Crippen LogP) is 2.57. The third kappa shape index (κ3) is 5.09. The van der Waals surface area contributed by atoms with Gasteiger partial charge >= 0.3 is 0 Å². The van der Waals surface area contributed by atoms with E-state index in [1.165, 1.54) is 12.8 Å². The van der Waals surface area contributed by atoms with Crippen LogP contribution in [0, 0.1) is 12.8 Å². The number of rotatable bonds is 9. The summed E-state index contributed by atoms with van der Waals surface area (Å²) in [5.41, 5.74) is 2.15. The second kappa shape index (κ2) is 7.38. The number of hydrogen-bond acceptors (Lipinski definition) is 3. The molecule has 2 N–H and O–H groups in total. The molecule has 1 fully saturated rings. The lowest BCUT2D eigenvalue weighted by atomic mass is 10.1. The van der Waals surface area contributed by atoms with E-state index >= 15 is 0 Å². The molecule has 118 valence electrons. The van der Waals surface area contributed by atoms with Crippen molar-refractivity contribution in [1.29, 1.82) is 0 Å². The molecule has 0 bridgehead atoms. The lowest BCUT2D eigenvalue weighted by molar-refractivity contribution is 0.572. The van der Waals surface area contributed by atoms with Crippen molar-refractivity contribution < 1.29 is 8.42 Å². The highest BCUT2D eigenvalue weighted by Gasteiger charge is 2.21. The van der Waals surface area contributed by atoms with E-state index in [4.69, 9.17) is 0 Å². The van der Waals surface area contributed by atoms with Gasteiger partial charge in [0.2, 0.25) is 10.0 Å². The summed E-state index contributed by atoms with van der Waals surface area (Å²) in [7, 11) is -3.38. The summed E-state index contributed by atoms with van der Waals surface area (Å²) in [6, 6.07) is 5.35. The van der Waals surface area contributed by atoms with Crippen LogP contribution in [0.25, 0.3) is 0 Å². The van der Waals surface area contributed by atoms with E-state index in [1.807, 2.05) is 19.9 Å². The van der Waals surface area contributed by atoms with Crippen molar-refractivity contribution in [2.75, 3.05) is 13.1 Å². The molecule has 0 unspecified atom stereocenters. The normalized spacial score (nSPS) is 15.3. The van der Waals surface area contributed by atoms with Gasteiger partial charge < -0.3 is 5.32 Å². The van der Waals surface area contributed by atoms with E-state index in [0.29, 0.717) is 18.0 Å². The predicted molar refractivity (Wildman–Crippen MR) is 85.7 cm³/mol. The second-order valence-corrected chi connectivity index (χ2v) is 7.62. The number of aryl methyl sites for hydroxylation is 1. The average molecular weight is 310 g/mol. The minimum absolute atomic E-state index is 0.368. The molecule has 0 aliphatic heterocycles. The Kier molecular flexibility index (Phi) is 5.79. The second-order valence-electron chi connectivity index (χ2n) is 5.85. The Bertz CT molecular complexity index is 566. The minimum atomic E-state index is -3.38. The molecule has 0 heterocycles. The molecule has 0 spiro atoms. The van der Waals surface area contributed by atoms with Crippen molar-refractivity contribution in [2.45, 2.75) is 51.0 Å². The Hall–Kier alpha value is -0.910. The van der Waals surface area contributed by atoms with Gasteiger partial charge in [-0.05, 0) is 55.5 Å². The molecule has 5 heteroatoms. The van der Waals surface area contributed by atoms with E-state index in [2.05, 4.69) is 10.0 Å². The molecule has 1 saturated carbocycles. The summed E-state index contributed by atoms with van der Waals surface area (Å²) in [5, 5.41) is 3.24. The van der Waals surface area contributed by atoms with E-state index in [-0.39, 0.29) is 0 Å². The first-order valence-corrected chi connectivity index (χ1v) is 9.31. The van der Waals surface area contributed by atoms with Gasteiger partial charge in [-0.3, -0.25) is 0 Å². The fourth-order valence-electron chi connectivity index (χ4n) is 2.35. The van der Waals surface area contributed by atoms with Crippen LogP contribution in [-0.2, 0) is 16.6 Å². The molecule has 1 aromatic carbocycles. The van der Waals surface area contributed by atoms with Crippen molar-refractivity contribution in [3.8, 4) is 0 Å². The molecule has 2 rings (SSSR count). The molecule has 4 nitrogen and oxygen atoms in total. The first-order valence-electron chi connectivity index (χ1n) is 7.83. The van der Waals surface area contributed by atoms with Crippen LogP contribution < -0.4 is 10.0 Å². The van der Waals surface area contributed by atoms with Crippen molar-refractivity contribution in [3.63, 3.8) is 0 Å². The molecule has 0 aromatic heterocycles. The third-order valence-electron chi connectivity index (χ3n) is 3.97. The van der Waals surface area contributed by atoms with Crippen LogP contribution in [0.1, 0.15) is 43.7 Å². The van der Waals surface area contributed by atoms with Gasteiger partial charge in [0.15, 0.2) is 0 Å². The van der Waals surface area contributed by atoms with Crippen molar-refractivity contribution in [1.82, 2.24) is 10.0 Å². The summed E-state index contributed by atoms with van der Waals surface area (Å²) >= 11 is 0. The molecule has 1 aromatic rings. The summed E-state index contributed by atoms with van der Waals surface area (Å²) in [6.45, 7) is 6.15. The van der Waals surface area contributed by atoms with Gasteiger partial charge in [-0.15, -0.1) is 0 Å². The van der Waals surface area contributed by atoms with Crippen LogP contribution >= 0.6 is 0 Å². The van der Waals surface area contributed by atoms with Gasteiger partial charge in [-0.25, -0.2) is 13.1 Å². The number of benzene rings is 1. The van der Waals surface area contributed by atoms with Crippen LogP contribution in [0.15, 0.2) is 23.1 Å². The monoisotopic (exact) mass is 310 g/mol. The van der Waals surface area contributed by atoms with Crippen LogP contribution in [0.2, 0.25) is 0 Å². The molecule has 0 saturated heterocycles. The fraction of sp³-hybridized carbons (Fsp3) is 0.625. The summed E-state index contributed by atoms with van der Waals surface area (Å²) in [5.74, 6) is 0.848. The molecule has 0 radical (unpaired) electrons. The Morgan fingerprint density at radius 2 is 2.05 bits per heavy atom. The first kappa shape index (κ1) is 16.5. The lowest BCUT2D eigenvalue weighted by Crippen LogP contribution is -2.25.